The van der Waals surface area contributed by atoms with Gasteiger partial charge in [0, 0.05) is 0 Å². The van der Waals surface area contributed by atoms with Gasteiger partial charge in [-0.15, -0.1) is 6.42 Å². The van der Waals surface area contributed by atoms with Crippen molar-refractivity contribution in [3.63, 3.8) is 0 Å². The smallest absolute Gasteiger partial charge is 0.382 e. The molecule has 0 aromatic carbocycles. The maximum atomic E-state index is 9.60. The zero-order chi connectivity index (χ0) is 11.1. The van der Waals surface area contributed by atoms with Gasteiger partial charge in [-0.1, -0.05) is 5.92 Å². The molecule has 0 aromatic rings. The standard InChI is InChI=1S/C5H6O3.H3O4P/c1-2-4(7)5(8)3-6;1-5(2,3)4/h1,3-5,7-8H;(H3,1,2,3,4). The van der Waals surface area contributed by atoms with Crippen LogP contribution in [0, 0.1) is 12.3 Å². The topological polar surface area (TPSA) is 135 Å². The van der Waals surface area contributed by atoms with Crippen LogP contribution in [0.3, 0.4) is 0 Å². The Labute approximate surface area is 73.9 Å². The molecule has 0 spiro atoms. The third kappa shape index (κ3) is 18.3. The quantitative estimate of drug-likeness (QED) is 0.196. The molecule has 8 heteroatoms. The molecule has 0 saturated heterocycles. The summed E-state index contributed by atoms with van der Waals surface area (Å²) in [7, 11) is -4.64. The van der Waals surface area contributed by atoms with Crippen molar-refractivity contribution in [2.75, 3.05) is 0 Å². The van der Waals surface area contributed by atoms with E-state index in [1.54, 1.807) is 5.92 Å². The molecule has 7 nitrogen and oxygen atoms in total. The van der Waals surface area contributed by atoms with E-state index in [0.717, 1.165) is 0 Å². The first kappa shape index (κ1) is 14.8. The zero-order valence-electron chi connectivity index (χ0n) is 6.31. The van der Waals surface area contributed by atoms with Crippen LogP contribution in [-0.4, -0.2) is 43.4 Å². The van der Waals surface area contributed by atoms with Crippen molar-refractivity contribution in [2.45, 2.75) is 12.2 Å². The van der Waals surface area contributed by atoms with E-state index in [9.17, 15) is 4.79 Å². The largest absolute Gasteiger partial charge is 0.466 e. The van der Waals surface area contributed by atoms with E-state index in [1.165, 1.54) is 0 Å². The van der Waals surface area contributed by atoms with Crippen molar-refractivity contribution in [2.24, 2.45) is 0 Å². The predicted molar refractivity (Wildman–Crippen MR) is 41.2 cm³/mol. The molecule has 0 aromatic heterocycles. The summed E-state index contributed by atoms with van der Waals surface area (Å²) >= 11 is 0. The molecule has 0 bridgehead atoms. The van der Waals surface area contributed by atoms with E-state index in [2.05, 4.69) is 6.42 Å². The van der Waals surface area contributed by atoms with Gasteiger partial charge in [0.1, 0.15) is 12.2 Å². The predicted octanol–water partition coefficient (Wildman–Crippen LogP) is -2.39. The third-order valence-corrected chi connectivity index (χ3v) is 0.634. The number of rotatable bonds is 2. The number of carbonyl (C=O) groups excluding carboxylic acids is 1. The first-order valence-corrected chi connectivity index (χ1v) is 4.34. The van der Waals surface area contributed by atoms with Gasteiger partial charge in [-0.25, -0.2) is 4.57 Å². The minimum absolute atomic E-state index is 0.185. The SMILES string of the molecule is C#CC(O)C(O)C=O.O=P(O)(O)O. The fourth-order valence-electron chi connectivity index (χ4n) is 0.173. The number of aliphatic hydroxyl groups excluding tert-OH is 2. The third-order valence-electron chi connectivity index (χ3n) is 0.634. The molecular formula is C5H9O7P. The van der Waals surface area contributed by atoms with Gasteiger partial charge in [0.05, 0.1) is 0 Å². The summed E-state index contributed by atoms with van der Waals surface area (Å²) in [6.45, 7) is 0. The molecule has 0 rings (SSSR count). The van der Waals surface area contributed by atoms with Gasteiger partial charge in [0.25, 0.3) is 0 Å². The number of hydrogen-bond acceptors (Lipinski definition) is 4. The summed E-state index contributed by atoms with van der Waals surface area (Å²) in [5, 5.41) is 16.8. The van der Waals surface area contributed by atoms with Crippen LogP contribution in [0.2, 0.25) is 0 Å². The van der Waals surface area contributed by atoms with Gasteiger partial charge in [-0.05, 0) is 0 Å². The van der Waals surface area contributed by atoms with Crippen LogP contribution in [0.4, 0.5) is 0 Å². The highest BCUT2D eigenvalue weighted by Gasteiger charge is 2.09. The van der Waals surface area contributed by atoms with Crippen LogP contribution in [0.5, 0.6) is 0 Å². The maximum Gasteiger partial charge on any atom is 0.466 e. The highest BCUT2D eigenvalue weighted by Crippen LogP contribution is 2.25. The van der Waals surface area contributed by atoms with E-state index < -0.39 is 20.0 Å². The maximum absolute atomic E-state index is 9.60. The van der Waals surface area contributed by atoms with Crippen LogP contribution >= 0.6 is 7.82 Å². The Hall–Kier alpha value is -0.740. The summed E-state index contributed by atoms with van der Waals surface area (Å²) in [5.74, 6) is 1.79. The monoisotopic (exact) mass is 212 g/mol. The fraction of sp³-hybridized carbons (Fsp3) is 0.400. The number of phosphoric acid groups is 1. The van der Waals surface area contributed by atoms with Crippen LogP contribution < -0.4 is 0 Å². The van der Waals surface area contributed by atoms with Crippen molar-refractivity contribution < 1.29 is 34.3 Å². The Balaban J connectivity index is 0. The van der Waals surface area contributed by atoms with E-state index in [4.69, 9.17) is 29.5 Å². The van der Waals surface area contributed by atoms with Crippen molar-refractivity contribution in [3.05, 3.63) is 0 Å². The Morgan fingerprint density at radius 2 is 1.62 bits per heavy atom. The highest BCUT2D eigenvalue weighted by molar-refractivity contribution is 7.45. The van der Waals surface area contributed by atoms with E-state index in [-0.39, 0.29) is 6.29 Å². The van der Waals surface area contributed by atoms with Gasteiger partial charge in [-0.3, -0.25) is 0 Å². The zero-order valence-corrected chi connectivity index (χ0v) is 7.20. The van der Waals surface area contributed by atoms with Crippen LogP contribution in [0.1, 0.15) is 0 Å². The van der Waals surface area contributed by atoms with Crippen molar-refractivity contribution in [1.29, 1.82) is 0 Å². The molecule has 0 heterocycles. The van der Waals surface area contributed by atoms with Gasteiger partial charge in [0.2, 0.25) is 0 Å². The molecular weight excluding hydrogens is 203 g/mol. The van der Waals surface area contributed by atoms with E-state index >= 15 is 0 Å². The first-order chi connectivity index (χ1) is 5.72. The van der Waals surface area contributed by atoms with Crippen LogP contribution in [-0.2, 0) is 9.36 Å². The second-order valence-corrected chi connectivity index (χ2v) is 2.78. The second kappa shape index (κ2) is 6.74. The summed E-state index contributed by atoms with van der Waals surface area (Å²) in [6.07, 6.45) is 2.00. The molecule has 0 radical (unpaired) electrons. The fourth-order valence-corrected chi connectivity index (χ4v) is 0.173. The summed E-state index contributed by atoms with van der Waals surface area (Å²) in [6, 6.07) is 0. The molecule has 0 aliphatic heterocycles. The lowest BCUT2D eigenvalue weighted by Crippen LogP contribution is -2.24. The molecule has 2 unspecified atom stereocenters. The van der Waals surface area contributed by atoms with Gasteiger partial charge >= 0.3 is 7.82 Å². The Kier molecular flexibility index (Phi) is 7.66. The number of hydrogen-bond donors (Lipinski definition) is 5. The lowest BCUT2D eigenvalue weighted by atomic mass is 10.2. The summed E-state index contributed by atoms with van der Waals surface area (Å²) in [5.41, 5.74) is 0. The van der Waals surface area contributed by atoms with Gasteiger partial charge in [-0.2, -0.15) is 0 Å². The highest BCUT2D eigenvalue weighted by atomic mass is 31.2. The molecule has 0 amide bonds. The first-order valence-electron chi connectivity index (χ1n) is 2.78. The minimum Gasteiger partial charge on any atom is -0.382 e. The number of carbonyl (C=O) groups is 1. The van der Waals surface area contributed by atoms with E-state index in [0.29, 0.717) is 0 Å². The van der Waals surface area contributed by atoms with Crippen LogP contribution in [0.15, 0.2) is 0 Å². The Morgan fingerprint density at radius 1 is 1.31 bits per heavy atom. The van der Waals surface area contributed by atoms with Gasteiger partial charge < -0.3 is 29.7 Å². The Bertz CT molecular complexity index is 217. The lowest BCUT2D eigenvalue weighted by molar-refractivity contribution is -0.118. The van der Waals surface area contributed by atoms with Crippen LogP contribution in [0.25, 0.3) is 0 Å². The average molecular weight is 212 g/mol. The molecule has 5 N–H and O–H groups in total. The van der Waals surface area contributed by atoms with Crippen molar-refractivity contribution >= 4 is 14.1 Å². The summed E-state index contributed by atoms with van der Waals surface area (Å²) < 4.78 is 8.88. The average Bonchev–Trinajstić information content (AvgIpc) is 1.98. The van der Waals surface area contributed by atoms with Gasteiger partial charge in [0.15, 0.2) is 6.29 Å². The molecule has 76 valence electrons. The number of aliphatic hydroxyl groups is 2. The minimum atomic E-state index is -4.64. The van der Waals surface area contributed by atoms with E-state index in [1.807, 2.05) is 0 Å². The molecule has 0 aliphatic carbocycles. The normalized spacial score (nSPS) is 14.5. The lowest BCUT2D eigenvalue weighted by Gasteiger charge is -2.01. The molecule has 0 fully saturated rings. The second-order valence-electron chi connectivity index (χ2n) is 1.75. The molecule has 0 saturated carbocycles. The van der Waals surface area contributed by atoms with Crippen molar-refractivity contribution in [1.82, 2.24) is 0 Å². The molecule has 13 heavy (non-hydrogen) atoms. The Morgan fingerprint density at radius 3 is 1.69 bits per heavy atom. The summed E-state index contributed by atoms with van der Waals surface area (Å²) in [4.78, 5) is 31.2. The molecule has 0 aliphatic rings. The van der Waals surface area contributed by atoms with Crippen molar-refractivity contribution in [3.8, 4) is 12.3 Å². The number of aldehydes is 1. The number of terminal acetylenes is 1. The molecule has 2 atom stereocenters.